The first kappa shape index (κ1) is 8.52. The Morgan fingerprint density at radius 1 is 1.27 bits per heavy atom. The largest absolute Gasteiger partial charge is 0.427 e. The van der Waals surface area contributed by atoms with Crippen LogP contribution in [0.25, 0.3) is 0 Å². The molecule has 0 heterocycles. The molecule has 11 heavy (non-hydrogen) atoms. The van der Waals surface area contributed by atoms with Crippen molar-refractivity contribution >= 4 is 18.7 Å². The number of rotatable bonds is 3. The quantitative estimate of drug-likeness (QED) is 0.518. The van der Waals surface area contributed by atoms with Crippen LogP contribution in [0.2, 0.25) is 0 Å². The van der Waals surface area contributed by atoms with Crippen LogP contribution in [0.3, 0.4) is 0 Å². The van der Waals surface area contributed by atoms with Crippen molar-refractivity contribution in [1.29, 1.82) is 0 Å². The van der Waals surface area contributed by atoms with Crippen LogP contribution in [0.1, 0.15) is 0 Å². The summed E-state index contributed by atoms with van der Waals surface area (Å²) in [5.74, 6) is 0.590. The van der Waals surface area contributed by atoms with Crippen molar-refractivity contribution in [3.05, 3.63) is 30.3 Å². The van der Waals surface area contributed by atoms with Gasteiger partial charge in [0.1, 0.15) is 5.75 Å². The van der Waals surface area contributed by atoms with Crippen molar-refractivity contribution in [2.75, 3.05) is 0 Å². The van der Waals surface area contributed by atoms with Gasteiger partial charge in [-0.2, -0.15) is 0 Å². The van der Waals surface area contributed by atoms with E-state index in [4.69, 9.17) is 4.52 Å². The third-order valence-electron chi connectivity index (χ3n) is 1.11. The molecular formula is C6H9O3PSi. The van der Waals surface area contributed by atoms with Gasteiger partial charge in [0, 0.05) is 0 Å². The van der Waals surface area contributed by atoms with Gasteiger partial charge in [-0.3, -0.25) is 0 Å². The Morgan fingerprint density at radius 3 is 2.45 bits per heavy atom. The summed E-state index contributed by atoms with van der Waals surface area (Å²) in [4.78, 5) is 0. The van der Waals surface area contributed by atoms with E-state index in [9.17, 15) is 4.57 Å². The maximum atomic E-state index is 10.8. The Kier molecular flexibility index (Phi) is 3.36. The topological polar surface area (TPSA) is 35.5 Å². The van der Waals surface area contributed by atoms with Gasteiger partial charge >= 0.3 is 8.25 Å². The van der Waals surface area contributed by atoms with Gasteiger partial charge in [0.2, 0.25) is 0 Å². The van der Waals surface area contributed by atoms with Gasteiger partial charge in [0.25, 0.3) is 0 Å². The number of benzene rings is 1. The maximum Gasteiger partial charge on any atom is 0.357 e. The van der Waals surface area contributed by atoms with E-state index in [1.54, 1.807) is 12.1 Å². The van der Waals surface area contributed by atoms with Gasteiger partial charge in [-0.15, -0.1) is 0 Å². The van der Waals surface area contributed by atoms with Crippen LogP contribution in [-0.4, -0.2) is 10.5 Å². The second-order valence-electron chi connectivity index (χ2n) is 1.87. The molecule has 0 bridgehead atoms. The Hall–Kier alpha value is -0.573. The average Bonchev–Trinajstić information content (AvgIpc) is 2.06. The summed E-state index contributed by atoms with van der Waals surface area (Å²) in [5, 5.41) is 0. The molecular weight excluding hydrogens is 179 g/mol. The summed E-state index contributed by atoms with van der Waals surface area (Å²) in [7, 11) is -1.83. The highest BCUT2D eigenvalue weighted by atomic mass is 31.1. The van der Waals surface area contributed by atoms with E-state index in [0.717, 1.165) is 0 Å². The monoisotopic (exact) mass is 188 g/mol. The lowest BCUT2D eigenvalue weighted by Gasteiger charge is -2.02. The molecule has 0 radical (unpaired) electrons. The molecule has 0 aliphatic heterocycles. The van der Waals surface area contributed by atoms with Gasteiger partial charge in [-0.25, -0.2) is 4.57 Å². The summed E-state index contributed by atoms with van der Waals surface area (Å²) in [6, 6.07) is 8.98. The van der Waals surface area contributed by atoms with Crippen LogP contribution in [0, 0.1) is 0 Å². The lowest BCUT2D eigenvalue weighted by molar-refractivity contribution is 0.429. The van der Waals surface area contributed by atoms with Gasteiger partial charge < -0.3 is 8.74 Å². The fourth-order valence-electron chi connectivity index (χ4n) is 0.626. The summed E-state index contributed by atoms with van der Waals surface area (Å²) in [6.07, 6.45) is 0. The zero-order valence-electron chi connectivity index (χ0n) is 6.11. The predicted molar refractivity (Wildman–Crippen MR) is 47.1 cm³/mol. The van der Waals surface area contributed by atoms with E-state index in [0.29, 0.717) is 16.2 Å². The lowest BCUT2D eigenvalue weighted by atomic mass is 10.3. The number of hydrogen-bond acceptors (Lipinski definition) is 3. The Balaban J connectivity index is 2.58. The first-order valence-corrected chi connectivity index (χ1v) is 5.18. The SMILES string of the molecule is O=[PH](O[SiH3])Oc1ccccc1. The molecule has 60 valence electrons. The summed E-state index contributed by atoms with van der Waals surface area (Å²) < 4.78 is 20.3. The molecule has 1 aromatic carbocycles. The van der Waals surface area contributed by atoms with Gasteiger partial charge in [-0.1, -0.05) is 18.2 Å². The van der Waals surface area contributed by atoms with E-state index in [2.05, 4.69) is 4.21 Å². The number of para-hydroxylation sites is 1. The zero-order chi connectivity index (χ0) is 8.10. The maximum absolute atomic E-state index is 10.8. The fourth-order valence-corrected chi connectivity index (χ4v) is 1.29. The van der Waals surface area contributed by atoms with E-state index in [1.807, 2.05) is 18.2 Å². The van der Waals surface area contributed by atoms with Crippen LogP contribution < -0.4 is 4.52 Å². The average molecular weight is 188 g/mol. The second-order valence-corrected chi connectivity index (χ2v) is 4.21. The highest BCUT2D eigenvalue weighted by molar-refractivity contribution is 7.34. The molecule has 1 aromatic rings. The molecule has 5 heteroatoms. The van der Waals surface area contributed by atoms with Crippen LogP contribution in [0.5, 0.6) is 5.75 Å². The molecule has 0 N–H and O–H groups in total. The standard InChI is InChI=1S/C6H9O3PSi/c7-10(9-11)8-6-4-2-1-3-5-6/h1-5,10H,11H3. The zero-order valence-corrected chi connectivity index (χ0v) is 9.11. The van der Waals surface area contributed by atoms with E-state index < -0.39 is 8.25 Å². The van der Waals surface area contributed by atoms with E-state index >= 15 is 0 Å². The summed E-state index contributed by atoms with van der Waals surface area (Å²) in [6.45, 7) is 0. The summed E-state index contributed by atoms with van der Waals surface area (Å²) in [5.41, 5.74) is 0. The molecule has 0 fully saturated rings. The van der Waals surface area contributed by atoms with Crippen LogP contribution in [0.15, 0.2) is 30.3 Å². The van der Waals surface area contributed by atoms with Crippen molar-refractivity contribution in [2.24, 2.45) is 0 Å². The van der Waals surface area contributed by atoms with Crippen LogP contribution in [0.4, 0.5) is 0 Å². The van der Waals surface area contributed by atoms with Crippen molar-refractivity contribution in [3.8, 4) is 5.75 Å². The lowest BCUT2D eigenvalue weighted by Crippen LogP contribution is -1.81. The minimum Gasteiger partial charge on any atom is -0.427 e. The Bertz CT molecular complexity index is 239. The molecule has 1 unspecified atom stereocenters. The molecule has 3 nitrogen and oxygen atoms in total. The van der Waals surface area contributed by atoms with Crippen molar-refractivity contribution in [2.45, 2.75) is 0 Å². The van der Waals surface area contributed by atoms with Gasteiger partial charge in [0.15, 0.2) is 10.5 Å². The van der Waals surface area contributed by atoms with Crippen molar-refractivity contribution in [3.63, 3.8) is 0 Å². The minimum absolute atomic E-state index is 0.441. The van der Waals surface area contributed by atoms with Crippen molar-refractivity contribution in [1.82, 2.24) is 0 Å². The van der Waals surface area contributed by atoms with E-state index in [1.165, 1.54) is 0 Å². The normalized spacial score (nSPS) is 12.7. The molecule has 0 amide bonds. The molecule has 0 aliphatic carbocycles. The number of hydrogen-bond donors (Lipinski definition) is 0. The van der Waals surface area contributed by atoms with Crippen molar-refractivity contribution < 1.29 is 13.3 Å². The second kappa shape index (κ2) is 4.33. The minimum atomic E-state index is -2.27. The van der Waals surface area contributed by atoms with Crippen LogP contribution in [-0.2, 0) is 8.78 Å². The Labute approximate surface area is 68.8 Å². The first-order valence-electron chi connectivity index (χ1n) is 3.14. The third kappa shape index (κ3) is 2.88. The van der Waals surface area contributed by atoms with E-state index in [-0.39, 0.29) is 0 Å². The molecule has 0 saturated heterocycles. The molecule has 1 rings (SSSR count). The highest BCUT2D eigenvalue weighted by Crippen LogP contribution is 2.25. The predicted octanol–water partition coefficient (Wildman–Crippen LogP) is 0.752. The van der Waals surface area contributed by atoms with Gasteiger partial charge in [-0.05, 0) is 12.1 Å². The molecule has 0 saturated carbocycles. The first-order chi connectivity index (χ1) is 5.33. The third-order valence-corrected chi connectivity index (χ3v) is 2.85. The fraction of sp³-hybridized carbons (Fsp3) is 0. The Morgan fingerprint density at radius 2 is 1.91 bits per heavy atom. The van der Waals surface area contributed by atoms with Gasteiger partial charge in [0.05, 0.1) is 0 Å². The molecule has 0 spiro atoms. The highest BCUT2D eigenvalue weighted by Gasteiger charge is 1.95. The molecule has 0 aliphatic rings. The summed E-state index contributed by atoms with van der Waals surface area (Å²) >= 11 is 0. The molecule has 1 atom stereocenters. The smallest absolute Gasteiger partial charge is 0.357 e. The van der Waals surface area contributed by atoms with Crippen LogP contribution >= 0.6 is 8.25 Å². The molecule has 0 aromatic heterocycles.